The van der Waals surface area contributed by atoms with E-state index in [1.54, 1.807) is 0 Å². The predicted molar refractivity (Wildman–Crippen MR) is 50.8 cm³/mol. The van der Waals surface area contributed by atoms with Gasteiger partial charge >= 0.3 is 0 Å². The lowest BCUT2D eigenvalue weighted by molar-refractivity contribution is 0.299. The maximum atomic E-state index is 8.76. The molecule has 0 saturated heterocycles. The number of aliphatic hydroxyl groups excluding tert-OH is 1. The van der Waals surface area contributed by atoms with E-state index in [1.807, 2.05) is 30.3 Å². The number of hydrogen-bond donors (Lipinski definition) is 1. The van der Waals surface area contributed by atoms with E-state index >= 15 is 0 Å². The summed E-state index contributed by atoms with van der Waals surface area (Å²) in [6.07, 6.45) is 2.51. The molecule has 0 unspecified atom stereocenters. The molecule has 0 aliphatic heterocycles. The number of hydrogen-bond acceptors (Lipinski definition) is 1. The number of benzene rings is 1. The van der Waals surface area contributed by atoms with E-state index in [0.717, 1.165) is 11.1 Å². The average molecular weight is 160 g/mol. The van der Waals surface area contributed by atoms with Gasteiger partial charge in [0, 0.05) is 6.61 Å². The van der Waals surface area contributed by atoms with Gasteiger partial charge in [0.2, 0.25) is 0 Å². The Morgan fingerprint density at radius 1 is 1.42 bits per heavy atom. The Morgan fingerprint density at radius 3 is 2.83 bits per heavy atom. The van der Waals surface area contributed by atoms with Crippen LogP contribution in [0.15, 0.2) is 36.6 Å². The minimum absolute atomic E-state index is 0.183. The lowest BCUT2D eigenvalue weighted by Crippen LogP contribution is -1.92. The molecule has 0 saturated carbocycles. The summed E-state index contributed by atoms with van der Waals surface area (Å²) in [5, 5.41) is 8.76. The summed E-state index contributed by atoms with van der Waals surface area (Å²) in [6, 6.07) is 7.91. The molecule has 1 N–H and O–H groups in total. The van der Waals surface area contributed by atoms with E-state index in [-0.39, 0.29) is 6.61 Å². The zero-order valence-corrected chi connectivity index (χ0v) is 6.96. The van der Waals surface area contributed by atoms with Gasteiger partial charge in [-0.15, -0.1) is 5.73 Å². The minimum atomic E-state index is 0.183. The standard InChI is InChI=1S/C11H12O/c1-2-5-10-6-3-4-7-11(10)8-9-12/h3-7,12H,1,8-9H2. The third-order valence-electron chi connectivity index (χ3n) is 1.69. The Hall–Kier alpha value is -1.30. The lowest BCUT2D eigenvalue weighted by atomic mass is 10.1. The van der Waals surface area contributed by atoms with Gasteiger partial charge in [0.1, 0.15) is 0 Å². The van der Waals surface area contributed by atoms with Crippen molar-refractivity contribution in [1.82, 2.24) is 0 Å². The van der Waals surface area contributed by atoms with Gasteiger partial charge in [-0.1, -0.05) is 30.8 Å². The molecule has 0 fully saturated rings. The van der Waals surface area contributed by atoms with Crippen molar-refractivity contribution in [2.45, 2.75) is 6.42 Å². The summed E-state index contributed by atoms with van der Waals surface area (Å²) in [6.45, 7) is 3.70. The molecule has 1 heteroatoms. The molecule has 0 bridgehead atoms. The Balaban J connectivity index is 2.99. The molecule has 0 spiro atoms. The van der Waals surface area contributed by atoms with E-state index in [9.17, 15) is 0 Å². The van der Waals surface area contributed by atoms with Crippen molar-refractivity contribution < 1.29 is 5.11 Å². The molecule has 62 valence electrons. The first-order valence-electron chi connectivity index (χ1n) is 3.93. The van der Waals surface area contributed by atoms with Gasteiger partial charge in [0.05, 0.1) is 0 Å². The molecule has 1 nitrogen and oxygen atoms in total. The quantitative estimate of drug-likeness (QED) is 0.671. The number of aliphatic hydroxyl groups is 1. The SMILES string of the molecule is C=C=Cc1ccccc1CCO. The maximum absolute atomic E-state index is 8.76. The van der Waals surface area contributed by atoms with Crippen molar-refractivity contribution in [2.75, 3.05) is 6.61 Å². The zero-order chi connectivity index (χ0) is 8.81. The predicted octanol–water partition coefficient (Wildman–Crippen LogP) is 2.02. The van der Waals surface area contributed by atoms with Crippen molar-refractivity contribution in [1.29, 1.82) is 0 Å². The second-order valence-corrected chi connectivity index (χ2v) is 2.52. The molecule has 0 heterocycles. The van der Waals surface area contributed by atoms with Crippen molar-refractivity contribution >= 4 is 6.08 Å². The Bertz CT molecular complexity index is 296. The normalized spacial score (nSPS) is 9.08. The fourth-order valence-electron chi connectivity index (χ4n) is 1.13. The summed E-state index contributed by atoms with van der Waals surface area (Å²) in [7, 11) is 0. The van der Waals surface area contributed by atoms with E-state index in [2.05, 4.69) is 12.3 Å². The first-order valence-corrected chi connectivity index (χ1v) is 3.93. The van der Waals surface area contributed by atoms with Crippen LogP contribution >= 0.6 is 0 Å². The van der Waals surface area contributed by atoms with Crippen molar-refractivity contribution in [3.63, 3.8) is 0 Å². The molecule has 0 radical (unpaired) electrons. The van der Waals surface area contributed by atoms with Gasteiger partial charge in [-0.25, -0.2) is 0 Å². The van der Waals surface area contributed by atoms with Crippen LogP contribution in [0.25, 0.3) is 6.08 Å². The largest absolute Gasteiger partial charge is 0.396 e. The Kier molecular flexibility index (Phi) is 3.34. The highest BCUT2D eigenvalue weighted by Crippen LogP contribution is 2.10. The third-order valence-corrected chi connectivity index (χ3v) is 1.69. The van der Waals surface area contributed by atoms with Crippen LogP contribution in [-0.2, 0) is 6.42 Å². The molecule has 1 rings (SSSR count). The average Bonchev–Trinajstić information content (AvgIpc) is 2.09. The summed E-state index contributed by atoms with van der Waals surface area (Å²) in [4.78, 5) is 0. The minimum Gasteiger partial charge on any atom is -0.396 e. The maximum Gasteiger partial charge on any atom is 0.0471 e. The molecule has 0 aromatic heterocycles. The van der Waals surface area contributed by atoms with Crippen molar-refractivity contribution in [3.05, 3.63) is 47.7 Å². The van der Waals surface area contributed by atoms with E-state index in [0.29, 0.717) is 6.42 Å². The van der Waals surface area contributed by atoms with Crippen molar-refractivity contribution in [2.24, 2.45) is 0 Å². The first kappa shape index (κ1) is 8.79. The summed E-state index contributed by atoms with van der Waals surface area (Å²) in [5.74, 6) is 0. The molecular weight excluding hydrogens is 148 g/mol. The smallest absolute Gasteiger partial charge is 0.0471 e. The van der Waals surface area contributed by atoms with Gasteiger partial charge in [-0.3, -0.25) is 0 Å². The summed E-state index contributed by atoms with van der Waals surface area (Å²) < 4.78 is 0. The monoisotopic (exact) mass is 160 g/mol. The van der Waals surface area contributed by atoms with Crippen LogP contribution in [0, 0.1) is 0 Å². The molecule has 0 aliphatic carbocycles. The third kappa shape index (κ3) is 2.09. The van der Waals surface area contributed by atoms with E-state index in [4.69, 9.17) is 5.11 Å². The van der Waals surface area contributed by atoms with Gasteiger partial charge in [-0.2, -0.15) is 0 Å². The van der Waals surface area contributed by atoms with Crippen LogP contribution in [0.2, 0.25) is 0 Å². The molecule has 0 aliphatic rings. The van der Waals surface area contributed by atoms with Crippen LogP contribution in [0.5, 0.6) is 0 Å². The second-order valence-electron chi connectivity index (χ2n) is 2.52. The van der Waals surface area contributed by atoms with Crippen LogP contribution in [0.1, 0.15) is 11.1 Å². The van der Waals surface area contributed by atoms with Crippen LogP contribution in [-0.4, -0.2) is 11.7 Å². The summed E-state index contributed by atoms with van der Waals surface area (Å²) >= 11 is 0. The molecule has 0 amide bonds. The van der Waals surface area contributed by atoms with E-state index < -0.39 is 0 Å². The highest BCUT2D eigenvalue weighted by molar-refractivity contribution is 5.52. The molecular formula is C11H12O. The Labute approximate surface area is 72.7 Å². The number of rotatable bonds is 3. The van der Waals surface area contributed by atoms with Crippen LogP contribution in [0.3, 0.4) is 0 Å². The molecule has 1 aromatic rings. The second kappa shape index (κ2) is 4.55. The van der Waals surface area contributed by atoms with Gasteiger partial charge in [0.15, 0.2) is 0 Å². The van der Waals surface area contributed by atoms with E-state index in [1.165, 1.54) is 0 Å². The topological polar surface area (TPSA) is 20.2 Å². The molecule has 12 heavy (non-hydrogen) atoms. The van der Waals surface area contributed by atoms with Crippen LogP contribution in [0.4, 0.5) is 0 Å². The molecule has 0 atom stereocenters. The summed E-state index contributed by atoms with van der Waals surface area (Å²) in [5.41, 5.74) is 4.95. The fourth-order valence-corrected chi connectivity index (χ4v) is 1.13. The first-order chi connectivity index (χ1) is 5.88. The highest BCUT2D eigenvalue weighted by atomic mass is 16.2. The van der Waals surface area contributed by atoms with Gasteiger partial charge in [0.25, 0.3) is 0 Å². The fraction of sp³-hybridized carbons (Fsp3) is 0.182. The van der Waals surface area contributed by atoms with Crippen LogP contribution < -0.4 is 0 Å². The van der Waals surface area contributed by atoms with Crippen molar-refractivity contribution in [3.8, 4) is 0 Å². The zero-order valence-electron chi connectivity index (χ0n) is 6.96. The Morgan fingerprint density at radius 2 is 2.17 bits per heavy atom. The molecule has 1 aromatic carbocycles. The lowest BCUT2D eigenvalue weighted by Gasteiger charge is -2.01. The van der Waals surface area contributed by atoms with Gasteiger partial charge in [-0.05, 0) is 23.6 Å². The van der Waals surface area contributed by atoms with Gasteiger partial charge < -0.3 is 5.11 Å². The highest BCUT2D eigenvalue weighted by Gasteiger charge is 1.95.